The second-order valence-corrected chi connectivity index (χ2v) is 9.19. The predicted octanol–water partition coefficient (Wildman–Crippen LogP) is 4.23. The number of hydrogen-bond acceptors (Lipinski definition) is 8. The van der Waals surface area contributed by atoms with Gasteiger partial charge in [-0.25, -0.2) is 0 Å². The highest BCUT2D eigenvalue weighted by atomic mass is 35.5. The average Bonchev–Trinajstić information content (AvgIpc) is 2.93. The third-order valence-corrected chi connectivity index (χ3v) is 6.67. The molecule has 0 saturated carbocycles. The minimum absolute atomic E-state index is 0. The van der Waals surface area contributed by atoms with Gasteiger partial charge in [0, 0.05) is 39.3 Å². The lowest BCUT2D eigenvalue weighted by atomic mass is 10.1. The zero-order valence-electron chi connectivity index (χ0n) is 21.8. The van der Waals surface area contributed by atoms with E-state index < -0.39 is 6.10 Å². The maximum absolute atomic E-state index is 12.8. The molecule has 5 rings (SSSR count). The molecule has 0 amide bonds. The summed E-state index contributed by atoms with van der Waals surface area (Å²) >= 11 is 0. The van der Waals surface area contributed by atoms with Crippen LogP contribution in [0.5, 0.6) is 17.2 Å². The van der Waals surface area contributed by atoms with Gasteiger partial charge in [0.1, 0.15) is 36.4 Å². The van der Waals surface area contributed by atoms with Crippen molar-refractivity contribution < 1.29 is 23.7 Å². The number of nitrogens with zero attached hydrogens (tertiary/aromatic N) is 2. The number of ether oxygens (including phenoxy) is 3. The van der Waals surface area contributed by atoms with Crippen molar-refractivity contribution in [3.8, 4) is 17.2 Å². The summed E-state index contributed by atoms with van der Waals surface area (Å²) in [6, 6.07) is 20.0. The second-order valence-electron chi connectivity index (χ2n) is 9.19. The molecule has 1 atom stereocenters. The number of benzene rings is 3. The lowest BCUT2D eigenvalue weighted by Gasteiger charge is -2.35. The molecule has 3 aromatic carbocycles. The number of aliphatic hydroxyl groups is 1. The summed E-state index contributed by atoms with van der Waals surface area (Å²) in [5.41, 5.74) is 0.836. The van der Waals surface area contributed by atoms with E-state index in [0.29, 0.717) is 40.8 Å². The van der Waals surface area contributed by atoms with Crippen LogP contribution in [0.25, 0.3) is 21.9 Å². The molecular weight excluding hydrogens is 543 g/mol. The maximum atomic E-state index is 12.8. The molecular formula is C29H34Cl2N2O6. The van der Waals surface area contributed by atoms with Crippen LogP contribution in [-0.4, -0.2) is 80.6 Å². The van der Waals surface area contributed by atoms with Gasteiger partial charge in [0.05, 0.1) is 17.9 Å². The summed E-state index contributed by atoms with van der Waals surface area (Å²) in [7, 11) is 1.65. The van der Waals surface area contributed by atoms with E-state index in [4.69, 9.17) is 18.6 Å². The minimum Gasteiger partial charge on any atom is -0.497 e. The maximum Gasteiger partial charge on any atom is 0.200 e. The van der Waals surface area contributed by atoms with E-state index in [1.165, 1.54) is 0 Å². The third kappa shape index (κ3) is 7.56. The number of hydrogen-bond donors (Lipinski definition) is 1. The van der Waals surface area contributed by atoms with Crippen LogP contribution in [0.3, 0.4) is 0 Å². The lowest BCUT2D eigenvalue weighted by Crippen LogP contribution is -2.50. The van der Waals surface area contributed by atoms with Gasteiger partial charge in [-0.1, -0.05) is 18.2 Å². The van der Waals surface area contributed by atoms with E-state index in [0.717, 1.165) is 44.2 Å². The second kappa shape index (κ2) is 14.4. The highest BCUT2D eigenvalue weighted by Crippen LogP contribution is 2.27. The molecule has 4 aromatic rings. The lowest BCUT2D eigenvalue weighted by molar-refractivity contribution is 0.0437. The summed E-state index contributed by atoms with van der Waals surface area (Å²) in [6.45, 7) is 5.69. The zero-order valence-corrected chi connectivity index (χ0v) is 23.4. The van der Waals surface area contributed by atoms with Gasteiger partial charge in [-0.2, -0.15) is 0 Å². The minimum atomic E-state index is -0.660. The topological polar surface area (TPSA) is 84.6 Å². The third-order valence-electron chi connectivity index (χ3n) is 6.67. The number of aliphatic hydroxyl groups excluding tert-OH is 1. The number of β-amino-alcohol motifs (C(OH)–C–C–N with tert-alkyl or cyclic N) is 1. The van der Waals surface area contributed by atoms with Crippen LogP contribution in [0.15, 0.2) is 75.9 Å². The van der Waals surface area contributed by atoms with Crippen molar-refractivity contribution in [2.24, 2.45) is 0 Å². The molecule has 210 valence electrons. The Morgan fingerprint density at radius 2 is 1.51 bits per heavy atom. The Labute approximate surface area is 239 Å². The SMILES string of the molecule is COc1ccc(OCCN2CCN(CC(O)COc3cccc4c(=O)c5ccccc5oc34)CC2)cc1.Cl.Cl. The van der Waals surface area contributed by atoms with Gasteiger partial charge in [-0.05, 0) is 48.5 Å². The molecule has 1 aliphatic heterocycles. The Bertz CT molecular complexity index is 1390. The van der Waals surface area contributed by atoms with Gasteiger partial charge in [-0.3, -0.25) is 14.6 Å². The number of para-hydroxylation sites is 2. The van der Waals surface area contributed by atoms with E-state index in [1.54, 1.807) is 37.4 Å². The van der Waals surface area contributed by atoms with E-state index >= 15 is 0 Å². The Kier molecular flexibility index (Phi) is 11.3. The Balaban J connectivity index is 0.00000210. The van der Waals surface area contributed by atoms with Crippen molar-refractivity contribution in [3.63, 3.8) is 0 Å². The highest BCUT2D eigenvalue weighted by Gasteiger charge is 2.20. The van der Waals surface area contributed by atoms with Crippen LogP contribution < -0.4 is 19.6 Å². The molecule has 2 heterocycles. The standard InChI is InChI=1S/C29H32N2O6.2ClH/c1-34-22-9-11-23(12-10-22)35-18-17-30-13-15-31(16-14-30)19-21(32)20-36-27-8-4-6-25-28(33)24-5-2-3-7-26(24)37-29(25)27;;/h2-12,21,32H,13-20H2,1H3;2*1H. The fourth-order valence-electron chi connectivity index (χ4n) is 4.61. The van der Waals surface area contributed by atoms with Crippen LogP contribution in [0.4, 0.5) is 0 Å². The molecule has 1 aromatic heterocycles. The van der Waals surface area contributed by atoms with Crippen LogP contribution in [-0.2, 0) is 0 Å². The molecule has 0 bridgehead atoms. The predicted molar refractivity (Wildman–Crippen MR) is 157 cm³/mol. The number of halogens is 2. The molecule has 8 nitrogen and oxygen atoms in total. The van der Waals surface area contributed by atoms with E-state index in [1.807, 2.05) is 36.4 Å². The summed E-state index contributed by atoms with van der Waals surface area (Å²) in [6.07, 6.45) is -0.660. The van der Waals surface area contributed by atoms with Crippen molar-refractivity contribution >= 4 is 46.8 Å². The number of piperazine rings is 1. The molecule has 0 spiro atoms. The first-order chi connectivity index (χ1) is 18.1. The quantitative estimate of drug-likeness (QED) is 0.281. The van der Waals surface area contributed by atoms with Crippen LogP contribution in [0.1, 0.15) is 0 Å². The van der Waals surface area contributed by atoms with Gasteiger partial charge in [0.2, 0.25) is 5.43 Å². The molecule has 1 aliphatic rings. The number of fused-ring (bicyclic) bond motifs is 2. The molecule has 0 radical (unpaired) electrons. The van der Waals surface area contributed by atoms with Crippen molar-refractivity contribution in [2.75, 3.05) is 59.6 Å². The van der Waals surface area contributed by atoms with Crippen molar-refractivity contribution in [1.29, 1.82) is 0 Å². The number of rotatable bonds is 10. The monoisotopic (exact) mass is 576 g/mol. The molecule has 39 heavy (non-hydrogen) atoms. The summed E-state index contributed by atoms with van der Waals surface area (Å²) in [4.78, 5) is 17.4. The molecule has 0 aliphatic carbocycles. The van der Waals surface area contributed by atoms with E-state index in [9.17, 15) is 9.90 Å². The first-order valence-corrected chi connectivity index (χ1v) is 12.6. The molecule has 1 fully saturated rings. The summed E-state index contributed by atoms with van der Waals surface area (Å²) in [5, 5.41) is 11.6. The van der Waals surface area contributed by atoms with Crippen LogP contribution in [0.2, 0.25) is 0 Å². The van der Waals surface area contributed by atoms with Gasteiger partial charge in [-0.15, -0.1) is 24.8 Å². The normalized spacial score (nSPS) is 14.8. The van der Waals surface area contributed by atoms with E-state index in [2.05, 4.69) is 9.80 Å². The van der Waals surface area contributed by atoms with Gasteiger partial charge in [0.15, 0.2) is 11.3 Å². The Morgan fingerprint density at radius 1 is 0.846 bits per heavy atom. The molecule has 1 N–H and O–H groups in total. The van der Waals surface area contributed by atoms with Gasteiger partial charge < -0.3 is 23.7 Å². The fourth-order valence-corrected chi connectivity index (χ4v) is 4.61. The van der Waals surface area contributed by atoms with Crippen molar-refractivity contribution in [1.82, 2.24) is 9.80 Å². The van der Waals surface area contributed by atoms with Crippen LogP contribution >= 0.6 is 24.8 Å². The van der Waals surface area contributed by atoms with Crippen molar-refractivity contribution in [3.05, 3.63) is 77.0 Å². The molecule has 1 saturated heterocycles. The summed E-state index contributed by atoms with van der Waals surface area (Å²) < 4.78 is 22.9. The summed E-state index contributed by atoms with van der Waals surface area (Å²) in [5.74, 6) is 2.11. The van der Waals surface area contributed by atoms with Crippen LogP contribution in [0, 0.1) is 0 Å². The van der Waals surface area contributed by atoms with Gasteiger partial charge >= 0.3 is 0 Å². The van der Waals surface area contributed by atoms with Gasteiger partial charge in [0.25, 0.3) is 0 Å². The smallest absolute Gasteiger partial charge is 0.200 e. The first kappa shape index (κ1) is 30.5. The molecule has 10 heteroatoms. The number of methoxy groups -OCH3 is 1. The van der Waals surface area contributed by atoms with E-state index in [-0.39, 0.29) is 36.8 Å². The first-order valence-electron chi connectivity index (χ1n) is 12.6. The fraction of sp³-hybridized carbons (Fsp3) is 0.345. The molecule has 1 unspecified atom stereocenters. The highest BCUT2D eigenvalue weighted by molar-refractivity contribution is 5.92. The zero-order chi connectivity index (χ0) is 25.6. The Hall–Kier alpha value is -3.01. The average molecular weight is 578 g/mol. The van der Waals surface area contributed by atoms with Crippen molar-refractivity contribution in [2.45, 2.75) is 6.10 Å². The Morgan fingerprint density at radius 3 is 2.26 bits per heavy atom. The largest absolute Gasteiger partial charge is 0.497 e.